The number of aliphatic hydroxyl groups is 1. The molecule has 0 aromatic heterocycles. The number of rotatable bonds is 6. The summed E-state index contributed by atoms with van der Waals surface area (Å²) in [5, 5.41) is 10.1. The van der Waals surface area contributed by atoms with Crippen LogP contribution >= 0.6 is 7.60 Å². The van der Waals surface area contributed by atoms with E-state index in [-0.39, 0.29) is 5.92 Å². The Morgan fingerprint density at radius 1 is 1.19 bits per heavy atom. The summed E-state index contributed by atoms with van der Waals surface area (Å²) in [5.74, 6) is -0.884. The second-order valence-electron chi connectivity index (χ2n) is 4.19. The van der Waals surface area contributed by atoms with Crippen molar-refractivity contribution in [1.29, 1.82) is 0 Å². The Hall–Kier alpha value is 0.110. The lowest BCUT2D eigenvalue weighted by Crippen LogP contribution is -2.25. The topological polar surface area (TPSA) is 55.8 Å². The summed E-state index contributed by atoms with van der Waals surface area (Å²) in [4.78, 5) is 0. The molecule has 0 amide bonds. The second-order valence-corrected chi connectivity index (χ2v) is 6.31. The standard InChI is InChI=1S/C11H23O4P/c1-3-14-16(13,15-4-2)11(12)10-8-6-5-7-9-10/h10-12H,3-9H2,1-2H3/t11-/m0/s1. The van der Waals surface area contributed by atoms with E-state index in [9.17, 15) is 9.67 Å². The molecule has 1 atom stereocenters. The molecule has 0 bridgehead atoms. The highest BCUT2D eigenvalue weighted by Crippen LogP contribution is 2.56. The maximum Gasteiger partial charge on any atom is 0.359 e. The van der Waals surface area contributed by atoms with Gasteiger partial charge in [0.05, 0.1) is 13.2 Å². The Bertz CT molecular complexity index is 228. The molecule has 0 heterocycles. The molecule has 0 unspecified atom stereocenters. The predicted molar refractivity (Wildman–Crippen MR) is 63.4 cm³/mol. The highest BCUT2D eigenvalue weighted by atomic mass is 31.2. The maximum absolute atomic E-state index is 12.3. The van der Waals surface area contributed by atoms with Crippen LogP contribution in [0.3, 0.4) is 0 Å². The van der Waals surface area contributed by atoms with Gasteiger partial charge in [-0.05, 0) is 32.6 Å². The van der Waals surface area contributed by atoms with Crippen LogP contribution in [0.4, 0.5) is 0 Å². The van der Waals surface area contributed by atoms with Crippen molar-refractivity contribution in [3.63, 3.8) is 0 Å². The van der Waals surface area contributed by atoms with Gasteiger partial charge in [0.25, 0.3) is 0 Å². The van der Waals surface area contributed by atoms with Gasteiger partial charge in [-0.25, -0.2) is 0 Å². The predicted octanol–water partition coefficient (Wildman–Crippen LogP) is 3.15. The lowest BCUT2D eigenvalue weighted by atomic mass is 9.90. The Kier molecular flexibility index (Phi) is 5.98. The van der Waals surface area contributed by atoms with E-state index in [1.807, 2.05) is 0 Å². The zero-order chi connectivity index (χ0) is 12.0. The van der Waals surface area contributed by atoms with Crippen molar-refractivity contribution in [3.05, 3.63) is 0 Å². The van der Waals surface area contributed by atoms with Crippen LogP contribution in [0.5, 0.6) is 0 Å². The molecule has 0 spiro atoms. The summed E-state index contributed by atoms with van der Waals surface area (Å²) in [7, 11) is -3.32. The minimum Gasteiger partial charge on any atom is -0.380 e. The van der Waals surface area contributed by atoms with Gasteiger partial charge in [0.15, 0.2) is 5.85 Å². The summed E-state index contributed by atoms with van der Waals surface area (Å²) in [6.07, 6.45) is 5.24. The van der Waals surface area contributed by atoms with Crippen molar-refractivity contribution in [1.82, 2.24) is 0 Å². The zero-order valence-corrected chi connectivity index (χ0v) is 11.1. The van der Waals surface area contributed by atoms with Gasteiger partial charge in [-0.1, -0.05) is 19.3 Å². The Morgan fingerprint density at radius 3 is 2.12 bits per heavy atom. The van der Waals surface area contributed by atoms with Crippen molar-refractivity contribution in [2.24, 2.45) is 5.92 Å². The summed E-state index contributed by atoms with van der Waals surface area (Å²) < 4.78 is 22.7. The lowest BCUT2D eigenvalue weighted by molar-refractivity contribution is 0.0964. The average molecular weight is 250 g/mol. The monoisotopic (exact) mass is 250 g/mol. The van der Waals surface area contributed by atoms with E-state index in [1.54, 1.807) is 13.8 Å². The first-order valence-electron chi connectivity index (χ1n) is 6.21. The first-order valence-corrected chi connectivity index (χ1v) is 7.82. The molecular weight excluding hydrogens is 227 g/mol. The molecule has 1 fully saturated rings. The van der Waals surface area contributed by atoms with E-state index >= 15 is 0 Å². The summed E-state index contributed by atoms with van der Waals surface area (Å²) in [6.45, 7) is 4.14. The maximum atomic E-state index is 12.3. The van der Waals surface area contributed by atoms with Crippen LogP contribution in [-0.4, -0.2) is 24.2 Å². The molecule has 1 saturated carbocycles. The van der Waals surface area contributed by atoms with Gasteiger partial charge in [-0.15, -0.1) is 0 Å². The minimum absolute atomic E-state index is 0.0673. The molecule has 1 N–H and O–H groups in total. The average Bonchev–Trinajstić information content (AvgIpc) is 2.30. The fourth-order valence-corrected chi connectivity index (χ4v) is 4.15. The first-order chi connectivity index (χ1) is 7.64. The van der Waals surface area contributed by atoms with Gasteiger partial charge >= 0.3 is 7.60 Å². The van der Waals surface area contributed by atoms with E-state index in [0.717, 1.165) is 25.7 Å². The molecule has 5 heteroatoms. The van der Waals surface area contributed by atoms with Gasteiger partial charge in [-0.2, -0.15) is 0 Å². The van der Waals surface area contributed by atoms with Crippen LogP contribution in [0.15, 0.2) is 0 Å². The smallest absolute Gasteiger partial charge is 0.359 e. The molecule has 1 rings (SSSR count). The highest BCUT2D eigenvalue weighted by molar-refractivity contribution is 7.54. The molecular formula is C11H23O4P. The van der Waals surface area contributed by atoms with Crippen molar-refractivity contribution in [2.75, 3.05) is 13.2 Å². The summed E-state index contributed by atoms with van der Waals surface area (Å²) >= 11 is 0. The van der Waals surface area contributed by atoms with Crippen LogP contribution in [0.2, 0.25) is 0 Å². The number of hydrogen-bond donors (Lipinski definition) is 1. The third kappa shape index (κ3) is 3.56. The third-order valence-corrected chi connectivity index (χ3v) is 5.32. The van der Waals surface area contributed by atoms with Gasteiger partial charge < -0.3 is 14.2 Å². The molecule has 1 aliphatic carbocycles. The van der Waals surface area contributed by atoms with Crippen molar-refractivity contribution in [2.45, 2.75) is 51.8 Å². The normalized spacial score (nSPS) is 20.9. The molecule has 16 heavy (non-hydrogen) atoms. The fourth-order valence-electron chi connectivity index (χ4n) is 2.24. The van der Waals surface area contributed by atoms with Crippen LogP contribution in [0.1, 0.15) is 46.0 Å². The van der Waals surface area contributed by atoms with Crippen LogP contribution in [0, 0.1) is 5.92 Å². The van der Waals surface area contributed by atoms with E-state index in [0.29, 0.717) is 13.2 Å². The molecule has 0 aromatic carbocycles. The van der Waals surface area contributed by atoms with Crippen molar-refractivity contribution < 1.29 is 18.7 Å². The van der Waals surface area contributed by atoms with E-state index in [2.05, 4.69) is 0 Å². The SMILES string of the molecule is CCOP(=O)(OCC)[C@H](O)C1CCCCC1. The van der Waals surface area contributed by atoms with E-state index in [1.165, 1.54) is 6.42 Å². The molecule has 4 nitrogen and oxygen atoms in total. The molecule has 0 aromatic rings. The molecule has 0 saturated heterocycles. The largest absolute Gasteiger partial charge is 0.380 e. The molecule has 96 valence electrons. The van der Waals surface area contributed by atoms with Crippen molar-refractivity contribution in [3.8, 4) is 0 Å². The molecule has 1 aliphatic rings. The van der Waals surface area contributed by atoms with Gasteiger partial charge in [0, 0.05) is 0 Å². The van der Waals surface area contributed by atoms with Gasteiger partial charge in [0.1, 0.15) is 0 Å². The van der Waals surface area contributed by atoms with E-state index < -0.39 is 13.4 Å². The Morgan fingerprint density at radius 2 is 1.69 bits per heavy atom. The van der Waals surface area contributed by atoms with Gasteiger partial charge in [-0.3, -0.25) is 4.57 Å². The van der Waals surface area contributed by atoms with Gasteiger partial charge in [0.2, 0.25) is 0 Å². The minimum atomic E-state index is -3.32. The second kappa shape index (κ2) is 6.75. The zero-order valence-electron chi connectivity index (χ0n) is 10.2. The quantitative estimate of drug-likeness (QED) is 0.736. The van der Waals surface area contributed by atoms with E-state index in [4.69, 9.17) is 9.05 Å². The number of hydrogen-bond acceptors (Lipinski definition) is 4. The molecule has 0 radical (unpaired) electrons. The van der Waals surface area contributed by atoms with Crippen LogP contribution < -0.4 is 0 Å². The first kappa shape index (κ1) is 14.2. The van der Waals surface area contributed by atoms with Crippen LogP contribution in [0.25, 0.3) is 0 Å². The third-order valence-electron chi connectivity index (χ3n) is 3.01. The van der Waals surface area contributed by atoms with Crippen molar-refractivity contribution >= 4 is 7.60 Å². The van der Waals surface area contributed by atoms with Crippen LogP contribution in [-0.2, 0) is 13.6 Å². The Labute approximate surface area is 97.9 Å². The summed E-state index contributed by atoms with van der Waals surface area (Å²) in [6, 6.07) is 0. The fraction of sp³-hybridized carbons (Fsp3) is 1.00. The lowest BCUT2D eigenvalue weighted by Gasteiger charge is -2.30. The number of aliphatic hydroxyl groups excluding tert-OH is 1. The Balaban J connectivity index is 2.64. The summed E-state index contributed by atoms with van der Waals surface area (Å²) in [5.41, 5.74) is 0. The molecule has 0 aliphatic heterocycles. The highest BCUT2D eigenvalue weighted by Gasteiger charge is 2.39.